The van der Waals surface area contributed by atoms with Gasteiger partial charge in [-0.1, -0.05) is 23.4 Å². The highest BCUT2D eigenvalue weighted by Gasteiger charge is 2.27. The lowest BCUT2D eigenvalue weighted by atomic mass is 9.93. The minimum atomic E-state index is -0.711. The Morgan fingerprint density at radius 2 is 2.22 bits per heavy atom. The number of fused-ring (bicyclic) bond motifs is 1. The molecule has 0 aliphatic carbocycles. The first-order valence-electron chi connectivity index (χ1n) is 5.99. The van der Waals surface area contributed by atoms with E-state index in [1.54, 1.807) is 6.92 Å². The van der Waals surface area contributed by atoms with E-state index in [0.29, 0.717) is 18.3 Å². The second kappa shape index (κ2) is 4.42. The first kappa shape index (κ1) is 11.2. The van der Waals surface area contributed by atoms with Gasteiger partial charge in [0.05, 0.1) is 12.5 Å². The van der Waals surface area contributed by atoms with Gasteiger partial charge in [0.25, 0.3) is 0 Å². The fourth-order valence-electron chi connectivity index (χ4n) is 2.16. The largest absolute Gasteiger partial charge is 0.493 e. The summed E-state index contributed by atoms with van der Waals surface area (Å²) in [4.78, 5) is 4.25. The lowest BCUT2D eigenvalue weighted by molar-refractivity contribution is 0.184. The lowest BCUT2D eigenvalue weighted by Gasteiger charge is -2.22. The zero-order valence-corrected chi connectivity index (χ0v) is 10.0. The van der Waals surface area contributed by atoms with Crippen molar-refractivity contribution >= 4 is 0 Å². The van der Waals surface area contributed by atoms with E-state index >= 15 is 0 Å². The molecular weight excluding hydrogens is 232 g/mol. The maximum atomic E-state index is 9.42. The SMILES string of the molecule is CC(O)c1noc(C2CCOc3ccccc32)n1. The summed E-state index contributed by atoms with van der Waals surface area (Å²) in [6.45, 7) is 2.25. The molecule has 0 radical (unpaired) electrons. The van der Waals surface area contributed by atoms with Crippen LogP contribution < -0.4 is 4.74 Å². The van der Waals surface area contributed by atoms with Crippen LogP contribution >= 0.6 is 0 Å². The van der Waals surface area contributed by atoms with E-state index in [-0.39, 0.29) is 5.92 Å². The Morgan fingerprint density at radius 3 is 3.00 bits per heavy atom. The first-order chi connectivity index (χ1) is 8.75. The molecule has 1 aliphatic rings. The Morgan fingerprint density at radius 1 is 1.39 bits per heavy atom. The van der Waals surface area contributed by atoms with E-state index in [2.05, 4.69) is 10.1 Å². The molecule has 5 heteroatoms. The average molecular weight is 246 g/mol. The second-order valence-corrected chi connectivity index (χ2v) is 4.39. The number of nitrogens with zero attached hydrogens (tertiary/aromatic N) is 2. The molecule has 2 heterocycles. The van der Waals surface area contributed by atoms with E-state index in [4.69, 9.17) is 9.26 Å². The molecule has 2 atom stereocenters. The molecule has 94 valence electrons. The number of rotatable bonds is 2. The smallest absolute Gasteiger partial charge is 0.234 e. The van der Waals surface area contributed by atoms with Crippen LogP contribution in [-0.4, -0.2) is 21.9 Å². The van der Waals surface area contributed by atoms with Crippen LogP contribution in [0.2, 0.25) is 0 Å². The average Bonchev–Trinajstić information content (AvgIpc) is 2.87. The Hall–Kier alpha value is -1.88. The Kier molecular flexibility index (Phi) is 2.76. The maximum Gasteiger partial charge on any atom is 0.234 e. The molecule has 0 saturated heterocycles. The Balaban J connectivity index is 1.97. The second-order valence-electron chi connectivity index (χ2n) is 4.39. The molecule has 3 rings (SSSR count). The van der Waals surface area contributed by atoms with Gasteiger partial charge in [0.1, 0.15) is 11.9 Å². The van der Waals surface area contributed by atoms with Crippen LogP contribution in [-0.2, 0) is 0 Å². The van der Waals surface area contributed by atoms with Crippen LogP contribution in [0.4, 0.5) is 0 Å². The molecule has 1 aliphatic heterocycles. The van der Waals surface area contributed by atoms with Crippen LogP contribution in [0, 0.1) is 0 Å². The highest BCUT2D eigenvalue weighted by molar-refractivity contribution is 5.40. The number of hydrogen-bond donors (Lipinski definition) is 1. The van der Waals surface area contributed by atoms with Crippen molar-refractivity contribution in [1.29, 1.82) is 0 Å². The van der Waals surface area contributed by atoms with Crippen molar-refractivity contribution in [2.24, 2.45) is 0 Å². The van der Waals surface area contributed by atoms with E-state index in [1.807, 2.05) is 24.3 Å². The summed E-state index contributed by atoms with van der Waals surface area (Å²) in [5.74, 6) is 1.79. The number of aliphatic hydroxyl groups excluding tert-OH is 1. The Bertz CT molecular complexity index is 551. The molecule has 2 unspecified atom stereocenters. The van der Waals surface area contributed by atoms with E-state index in [0.717, 1.165) is 17.7 Å². The number of para-hydroxylation sites is 1. The predicted molar refractivity (Wildman–Crippen MR) is 63.3 cm³/mol. The molecule has 0 saturated carbocycles. The van der Waals surface area contributed by atoms with Gasteiger partial charge in [-0.05, 0) is 19.4 Å². The van der Waals surface area contributed by atoms with E-state index < -0.39 is 6.10 Å². The zero-order chi connectivity index (χ0) is 12.5. The van der Waals surface area contributed by atoms with E-state index in [1.165, 1.54) is 0 Å². The fraction of sp³-hybridized carbons (Fsp3) is 0.385. The predicted octanol–water partition coefficient (Wildman–Crippen LogP) is 2.04. The molecule has 1 N–H and O–H groups in total. The molecular formula is C13H14N2O3. The molecule has 1 aromatic carbocycles. The number of ether oxygens (including phenoxy) is 1. The number of hydrogen-bond acceptors (Lipinski definition) is 5. The van der Waals surface area contributed by atoms with Gasteiger partial charge < -0.3 is 14.4 Å². The van der Waals surface area contributed by atoms with Gasteiger partial charge in [-0.25, -0.2) is 0 Å². The molecule has 0 bridgehead atoms. The number of aromatic nitrogens is 2. The normalized spacial score (nSPS) is 20.0. The lowest BCUT2D eigenvalue weighted by Crippen LogP contribution is -2.15. The van der Waals surface area contributed by atoms with Crippen LogP contribution in [0.1, 0.15) is 42.6 Å². The third-order valence-electron chi connectivity index (χ3n) is 3.09. The van der Waals surface area contributed by atoms with E-state index in [9.17, 15) is 5.11 Å². The third kappa shape index (κ3) is 1.86. The summed E-state index contributed by atoms with van der Waals surface area (Å²) in [7, 11) is 0. The summed E-state index contributed by atoms with van der Waals surface area (Å²) in [5.41, 5.74) is 1.06. The van der Waals surface area contributed by atoms with Crippen molar-refractivity contribution in [2.75, 3.05) is 6.61 Å². The van der Waals surface area contributed by atoms with Gasteiger partial charge in [-0.2, -0.15) is 4.98 Å². The Labute approximate surface area is 104 Å². The summed E-state index contributed by atoms with van der Waals surface area (Å²) in [5, 5.41) is 13.2. The van der Waals surface area contributed by atoms with Crippen molar-refractivity contribution in [3.05, 3.63) is 41.5 Å². The van der Waals surface area contributed by atoms with Gasteiger partial charge in [-0.15, -0.1) is 0 Å². The molecule has 0 fully saturated rings. The van der Waals surface area contributed by atoms with Crippen molar-refractivity contribution in [3.8, 4) is 5.75 Å². The van der Waals surface area contributed by atoms with Gasteiger partial charge in [0.15, 0.2) is 5.82 Å². The summed E-state index contributed by atoms with van der Waals surface area (Å²) in [6, 6.07) is 7.85. The topological polar surface area (TPSA) is 68.4 Å². The highest BCUT2D eigenvalue weighted by atomic mass is 16.5. The van der Waals surface area contributed by atoms with Gasteiger partial charge >= 0.3 is 0 Å². The van der Waals surface area contributed by atoms with Crippen molar-refractivity contribution in [1.82, 2.24) is 10.1 Å². The van der Waals surface area contributed by atoms with Gasteiger partial charge in [0.2, 0.25) is 5.89 Å². The van der Waals surface area contributed by atoms with Crippen LogP contribution in [0.3, 0.4) is 0 Å². The first-order valence-corrected chi connectivity index (χ1v) is 5.99. The number of aliphatic hydroxyl groups is 1. The standard InChI is InChI=1S/C13H14N2O3/c1-8(16)12-14-13(18-15-12)10-6-7-17-11-5-3-2-4-9(10)11/h2-5,8,10,16H,6-7H2,1H3. The summed E-state index contributed by atoms with van der Waals surface area (Å²) in [6.07, 6.45) is 0.0935. The maximum absolute atomic E-state index is 9.42. The van der Waals surface area contributed by atoms with Gasteiger partial charge in [-0.3, -0.25) is 0 Å². The molecule has 18 heavy (non-hydrogen) atoms. The monoisotopic (exact) mass is 246 g/mol. The summed E-state index contributed by atoms with van der Waals surface area (Å²) < 4.78 is 10.8. The number of benzene rings is 1. The minimum Gasteiger partial charge on any atom is -0.493 e. The minimum absolute atomic E-state index is 0.0509. The molecule has 0 spiro atoms. The molecule has 1 aromatic heterocycles. The van der Waals surface area contributed by atoms with Crippen molar-refractivity contribution < 1.29 is 14.4 Å². The highest BCUT2D eigenvalue weighted by Crippen LogP contribution is 2.37. The summed E-state index contributed by atoms with van der Waals surface area (Å²) >= 11 is 0. The van der Waals surface area contributed by atoms with Crippen LogP contribution in [0.25, 0.3) is 0 Å². The fourth-order valence-corrected chi connectivity index (χ4v) is 2.16. The zero-order valence-electron chi connectivity index (χ0n) is 10.0. The quantitative estimate of drug-likeness (QED) is 0.878. The molecule has 5 nitrogen and oxygen atoms in total. The van der Waals surface area contributed by atoms with Gasteiger partial charge in [0, 0.05) is 5.56 Å². The van der Waals surface area contributed by atoms with Crippen LogP contribution in [0.15, 0.2) is 28.8 Å². The van der Waals surface area contributed by atoms with Crippen molar-refractivity contribution in [3.63, 3.8) is 0 Å². The molecule has 2 aromatic rings. The third-order valence-corrected chi connectivity index (χ3v) is 3.09. The van der Waals surface area contributed by atoms with Crippen LogP contribution in [0.5, 0.6) is 5.75 Å². The molecule has 0 amide bonds. The van der Waals surface area contributed by atoms with Crippen molar-refractivity contribution in [2.45, 2.75) is 25.4 Å².